The van der Waals surface area contributed by atoms with E-state index in [1.165, 1.54) is 6.20 Å². The first-order valence-corrected chi connectivity index (χ1v) is 5.13. The third kappa shape index (κ3) is 2.51. The van der Waals surface area contributed by atoms with E-state index in [1.807, 2.05) is 0 Å². The van der Waals surface area contributed by atoms with Crippen LogP contribution in [0.4, 0.5) is 5.69 Å². The summed E-state index contributed by atoms with van der Waals surface area (Å²) in [6.07, 6.45) is 1.49. The van der Waals surface area contributed by atoms with Crippen LogP contribution < -0.4 is 5.32 Å². The molecular formula is C12H12N2O3. The summed E-state index contributed by atoms with van der Waals surface area (Å²) in [7, 11) is 0. The zero-order chi connectivity index (χ0) is 12.3. The average Bonchev–Trinajstić information content (AvgIpc) is 2.76. The first-order chi connectivity index (χ1) is 8.20. The second-order valence-electron chi connectivity index (χ2n) is 3.65. The number of aromatic nitrogens is 1. The Bertz CT molecular complexity index is 534. The lowest BCUT2D eigenvalue weighted by atomic mass is 10.2. The van der Waals surface area contributed by atoms with Crippen LogP contribution in [0.3, 0.4) is 0 Å². The van der Waals surface area contributed by atoms with Crippen molar-refractivity contribution in [1.82, 2.24) is 5.16 Å². The number of nitrogens with zero attached hydrogens (tertiary/aromatic N) is 1. The smallest absolute Gasteiger partial charge is 0.294 e. The minimum atomic E-state index is -0.352. The van der Waals surface area contributed by atoms with Crippen molar-refractivity contribution in [1.29, 1.82) is 0 Å². The maximum atomic E-state index is 11.8. The number of amides is 1. The maximum Gasteiger partial charge on any atom is 0.294 e. The lowest BCUT2D eigenvalue weighted by Crippen LogP contribution is -2.12. The number of carbonyl (C=O) groups excluding carboxylic acids is 1. The molecule has 2 aromatic rings. The Morgan fingerprint density at radius 3 is 3.00 bits per heavy atom. The van der Waals surface area contributed by atoms with Gasteiger partial charge in [0, 0.05) is 11.3 Å². The molecule has 1 amide bonds. The van der Waals surface area contributed by atoms with Gasteiger partial charge >= 0.3 is 0 Å². The van der Waals surface area contributed by atoms with Gasteiger partial charge in [-0.2, -0.15) is 0 Å². The minimum absolute atomic E-state index is 0.0644. The quantitative estimate of drug-likeness (QED) is 0.845. The minimum Gasteiger partial charge on any atom is -0.392 e. The van der Waals surface area contributed by atoms with Gasteiger partial charge < -0.3 is 14.9 Å². The summed E-state index contributed by atoms with van der Waals surface area (Å²) in [4.78, 5) is 11.8. The van der Waals surface area contributed by atoms with Crippen molar-refractivity contribution >= 4 is 11.6 Å². The fraction of sp³-hybridized carbons (Fsp3) is 0.167. The number of hydrogen-bond donors (Lipinski definition) is 2. The van der Waals surface area contributed by atoms with Gasteiger partial charge in [-0.15, -0.1) is 0 Å². The van der Waals surface area contributed by atoms with Crippen molar-refractivity contribution in [3.8, 4) is 0 Å². The highest BCUT2D eigenvalue weighted by atomic mass is 16.5. The topological polar surface area (TPSA) is 75.4 Å². The fourth-order valence-electron chi connectivity index (χ4n) is 1.44. The summed E-state index contributed by atoms with van der Waals surface area (Å²) in [6.45, 7) is 1.68. The van der Waals surface area contributed by atoms with Crippen LogP contribution in [-0.4, -0.2) is 16.2 Å². The fourth-order valence-corrected chi connectivity index (χ4v) is 1.44. The van der Waals surface area contributed by atoms with Crippen LogP contribution in [0.1, 0.15) is 21.7 Å². The third-order valence-electron chi connectivity index (χ3n) is 2.32. The van der Waals surface area contributed by atoms with Gasteiger partial charge in [0.1, 0.15) is 0 Å². The number of rotatable bonds is 3. The predicted molar refractivity (Wildman–Crippen MR) is 61.6 cm³/mol. The number of aryl methyl sites for hydroxylation is 1. The van der Waals surface area contributed by atoms with Crippen LogP contribution in [-0.2, 0) is 6.61 Å². The Morgan fingerprint density at radius 1 is 1.53 bits per heavy atom. The summed E-state index contributed by atoms with van der Waals surface area (Å²) in [5.74, 6) is -0.158. The van der Waals surface area contributed by atoms with E-state index in [-0.39, 0.29) is 18.3 Å². The van der Waals surface area contributed by atoms with E-state index in [0.29, 0.717) is 11.3 Å². The molecule has 1 heterocycles. The molecule has 5 nitrogen and oxygen atoms in total. The highest BCUT2D eigenvalue weighted by Gasteiger charge is 2.14. The molecule has 1 aromatic carbocycles. The van der Waals surface area contributed by atoms with E-state index in [0.717, 1.165) is 5.56 Å². The molecule has 0 radical (unpaired) electrons. The van der Waals surface area contributed by atoms with Crippen molar-refractivity contribution in [2.24, 2.45) is 0 Å². The van der Waals surface area contributed by atoms with Gasteiger partial charge in [0.25, 0.3) is 5.91 Å². The Kier molecular flexibility index (Phi) is 3.20. The molecule has 0 aliphatic heterocycles. The standard InChI is InChI=1S/C12H12N2O3/c1-8-6-13-17-11(8)12(16)14-10-4-2-3-9(5-10)7-15/h2-6,15H,7H2,1H3,(H,14,16). The van der Waals surface area contributed by atoms with Gasteiger partial charge in [0.15, 0.2) is 0 Å². The molecule has 0 aliphatic carbocycles. The molecule has 0 spiro atoms. The Hall–Kier alpha value is -2.14. The van der Waals surface area contributed by atoms with Crippen molar-refractivity contribution in [2.75, 3.05) is 5.32 Å². The lowest BCUT2D eigenvalue weighted by Gasteiger charge is -2.04. The summed E-state index contributed by atoms with van der Waals surface area (Å²) in [6, 6.07) is 6.97. The number of aliphatic hydroxyl groups excluding tert-OH is 1. The van der Waals surface area contributed by atoms with Crippen molar-refractivity contribution < 1.29 is 14.4 Å². The SMILES string of the molecule is Cc1cnoc1C(=O)Nc1cccc(CO)c1. The molecule has 1 aromatic heterocycles. The van der Waals surface area contributed by atoms with Crippen LogP contribution >= 0.6 is 0 Å². The summed E-state index contributed by atoms with van der Waals surface area (Å²) >= 11 is 0. The molecule has 2 rings (SSSR count). The molecule has 2 N–H and O–H groups in total. The maximum absolute atomic E-state index is 11.8. The number of aliphatic hydroxyl groups is 1. The van der Waals surface area contributed by atoms with Crippen LogP contribution in [0.15, 0.2) is 35.0 Å². The predicted octanol–water partition coefficient (Wildman–Crippen LogP) is 1.73. The van der Waals surface area contributed by atoms with Crippen LogP contribution in [0.5, 0.6) is 0 Å². The number of anilines is 1. The van der Waals surface area contributed by atoms with Gasteiger partial charge in [-0.25, -0.2) is 0 Å². The third-order valence-corrected chi connectivity index (χ3v) is 2.32. The summed E-state index contributed by atoms with van der Waals surface area (Å²) < 4.78 is 4.84. The zero-order valence-electron chi connectivity index (χ0n) is 9.30. The number of hydrogen-bond acceptors (Lipinski definition) is 4. The molecular weight excluding hydrogens is 220 g/mol. The van der Waals surface area contributed by atoms with E-state index < -0.39 is 0 Å². The van der Waals surface area contributed by atoms with Crippen LogP contribution in [0.25, 0.3) is 0 Å². The molecule has 17 heavy (non-hydrogen) atoms. The molecule has 0 atom stereocenters. The summed E-state index contributed by atoms with van der Waals surface area (Å²) in [5, 5.41) is 15.2. The monoisotopic (exact) mass is 232 g/mol. The molecule has 88 valence electrons. The van der Waals surface area contributed by atoms with E-state index in [4.69, 9.17) is 9.63 Å². The molecule has 0 unspecified atom stereocenters. The largest absolute Gasteiger partial charge is 0.392 e. The van der Waals surface area contributed by atoms with E-state index in [2.05, 4.69) is 10.5 Å². The first kappa shape index (κ1) is 11.3. The number of carbonyl (C=O) groups is 1. The normalized spacial score (nSPS) is 10.2. The van der Waals surface area contributed by atoms with Crippen molar-refractivity contribution in [3.05, 3.63) is 47.3 Å². The van der Waals surface area contributed by atoms with Crippen LogP contribution in [0, 0.1) is 6.92 Å². The second-order valence-corrected chi connectivity index (χ2v) is 3.65. The number of benzene rings is 1. The molecule has 0 fully saturated rings. The lowest BCUT2D eigenvalue weighted by molar-refractivity contribution is 0.0987. The van der Waals surface area contributed by atoms with Crippen LogP contribution in [0.2, 0.25) is 0 Å². The zero-order valence-corrected chi connectivity index (χ0v) is 9.30. The Morgan fingerprint density at radius 2 is 2.35 bits per heavy atom. The van der Waals surface area contributed by atoms with E-state index >= 15 is 0 Å². The molecule has 0 aliphatic rings. The summed E-state index contributed by atoms with van der Waals surface area (Å²) in [5.41, 5.74) is 2.02. The first-order valence-electron chi connectivity index (χ1n) is 5.13. The van der Waals surface area contributed by atoms with Crippen molar-refractivity contribution in [2.45, 2.75) is 13.5 Å². The number of nitrogens with one attached hydrogen (secondary N) is 1. The van der Waals surface area contributed by atoms with Gasteiger partial charge in [0.2, 0.25) is 5.76 Å². The second kappa shape index (κ2) is 4.80. The highest BCUT2D eigenvalue weighted by molar-refractivity contribution is 6.03. The van der Waals surface area contributed by atoms with Gasteiger partial charge in [-0.05, 0) is 24.6 Å². The van der Waals surface area contributed by atoms with Gasteiger partial charge in [0.05, 0.1) is 12.8 Å². The van der Waals surface area contributed by atoms with E-state index in [9.17, 15) is 4.79 Å². The molecule has 0 bridgehead atoms. The molecule has 5 heteroatoms. The van der Waals surface area contributed by atoms with Gasteiger partial charge in [-0.1, -0.05) is 17.3 Å². The Balaban J connectivity index is 2.16. The molecule has 0 saturated carbocycles. The highest BCUT2D eigenvalue weighted by Crippen LogP contribution is 2.13. The Labute approximate surface area is 98.1 Å². The van der Waals surface area contributed by atoms with Crippen molar-refractivity contribution in [3.63, 3.8) is 0 Å². The van der Waals surface area contributed by atoms with E-state index in [1.54, 1.807) is 31.2 Å². The van der Waals surface area contributed by atoms with Gasteiger partial charge in [-0.3, -0.25) is 4.79 Å². The average molecular weight is 232 g/mol. The molecule has 0 saturated heterocycles.